The Bertz CT molecular complexity index is 1570. The number of nitrogens with two attached hydrogens (primary N) is 1. The number of aliphatic hydroxyl groups is 3. The molecule has 4 rings (SSSR count). The van der Waals surface area contributed by atoms with Crippen molar-refractivity contribution in [3.63, 3.8) is 0 Å². The fourth-order valence-corrected chi connectivity index (χ4v) is 7.20. The number of Topliss-reactive ketones (excluding diaryl/α,β-unsaturated/α-hetero) is 2. The number of carbonyl (C=O) groups is 3. The predicted octanol–water partition coefficient (Wildman–Crippen LogP) is 1.31. The summed E-state index contributed by atoms with van der Waals surface area (Å²) in [7, 11) is -0.107. The quantitative estimate of drug-likeness (QED) is 0.149. The average molecular weight is 715 g/mol. The Morgan fingerprint density at radius 2 is 1.78 bits per heavy atom. The summed E-state index contributed by atoms with van der Waals surface area (Å²) in [5.74, 6) is -9.09. The third kappa shape index (κ3) is 4.47. The number of primary amides is 1. The molecule has 0 radical (unpaired) electrons. The van der Waals surface area contributed by atoms with E-state index in [4.69, 9.17) is 5.73 Å². The van der Waals surface area contributed by atoms with Crippen molar-refractivity contribution in [1.29, 1.82) is 0 Å². The number of likely N-dealkylation sites (N-methyl/N-ethyl adjacent to an activating group) is 1. The Labute approximate surface area is 245 Å². The zero-order valence-corrected chi connectivity index (χ0v) is 24.9. The number of allylic oxidation sites excluding steroid dienone is 1. The lowest BCUT2D eigenvalue weighted by molar-refractivity contribution is -0.148. The molecular weight excluding hydrogens is 690 g/mol. The lowest BCUT2D eigenvalue weighted by Crippen LogP contribution is -2.63. The van der Waals surface area contributed by atoms with E-state index in [9.17, 15) is 51.3 Å². The molecular formula is C24H25F3IN3O9S. The van der Waals surface area contributed by atoms with Crippen LogP contribution in [0.25, 0.3) is 0 Å². The largest absolute Gasteiger partial charge is 0.534 e. The molecule has 1 aromatic carbocycles. The highest BCUT2D eigenvalue weighted by Crippen LogP contribution is 2.54. The molecule has 17 heteroatoms. The molecule has 0 heterocycles. The maximum Gasteiger partial charge on any atom is 0.534 e. The number of ketones is 2. The van der Waals surface area contributed by atoms with Crippen molar-refractivity contribution < 1.29 is 55.5 Å². The molecule has 0 fully saturated rings. The van der Waals surface area contributed by atoms with E-state index in [1.807, 2.05) is 0 Å². The van der Waals surface area contributed by atoms with Crippen molar-refractivity contribution in [1.82, 2.24) is 4.90 Å². The van der Waals surface area contributed by atoms with Crippen LogP contribution in [0.1, 0.15) is 22.3 Å². The third-order valence-corrected chi connectivity index (χ3v) is 9.35. The highest BCUT2D eigenvalue weighted by molar-refractivity contribution is 14.1. The molecule has 5 N–H and O–H groups in total. The van der Waals surface area contributed by atoms with E-state index in [1.54, 1.807) is 19.0 Å². The van der Waals surface area contributed by atoms with Crippen LogP contribution >= 0.6 is 22.6 Å². The van der Waals surface area contributed by atoms with E-state index in [0.29, 0.717) is 5.69 Å². The minimum Gasteiger partial charge on any atom is -0.510 e. The second-order valence-corrected chi connectivity index (χ2v) is 13.1. The molecule has 0 aromatic heterocycles. The minimum absolute atomic E-state index is 0.112. The van der Waals surface area contributed by atoms with Crippen LogP contribution in [-0.2, 0) is 26.1 Å². The molecule has 0 saturated carbocycles. The maximum absolute atomic E-state index is 14.0. The van der Waals surface area contributed by atoms with E-state index >= 15 is 0 Å². The fourth-order valence-electron chi connectivity index (χ4n) is 5.89. The van der Waals surface area contributed by atoms with Crippen LogP contribution in [0.4, 0.5) is 18.9 Å². The fraction of sp³-hybridized carbons (Fsp3) is 0.458. The van der Waals surface area contributed by atoms with Crippen molar-refractivity contribution >= 4 is 55.9 Å². The number of halogens is 4. The van der Waals surface area contributed by atoms with Gasteiger partial charge in [0.05, 0.1) is 15.2 Å². The zero-order valence-electron chi connectivity index (χ0n) is 21.9. The van der Waals surface area contributed by atoms with Gasteiger partial charge in [-0.05, 0) is 67.1 Å². The summed E-state index contributed by atoms with van der Waals surface area (Å²) in [6, 6.07) is 0.128. The highest BCUT2D eigenvalue weighted by atomic mass is 127. The van der Waals surface area contributed by atoms with Gasteiger partial charge in [0, 0.05) is 31.3 Å². The molecule has 1 aromatic rings. The van der Waals surface area contributed by atoms with Crippen LogP contribution in [0, 0.1) is 15.4 Å². The summed E-state index contributed by atoms with van der Waals surface area (Å²) in [6.45, 7) is 0. The summed E-state index contributed by atoms with van der Waals surface area (Å²) >= 11 is 1.51. The molecule has 4 atom stereocenters. The van der Waals surface area contributed by atoms with Crippen LogP contribution in [0.5, 0.6) is 5.75 Å². The van der Waals surface area contributed by atoms with Crippen molar-refractivity contribution in [2.24, 2.45) is 17.6 Å². The van der Waals surface area contributed by atoms with Crippen molar-refractivity contribution in [3.8, 4) is 5.75 Å². The summed E-state index contributed by atoms with van der Waals surface area (Å²) in [5.41, 5.74) is -5.15. The lowest BCUT2D eigenvalue weighted by Gasteiger charge is -2.50. The van der Waals surface area contributed by atoms with E-state index < -0.39 is 90.6 Å². The van der Waals surface area contributed by atoms with Gasteiger partial charge >= 0.3 is 15.6 Å². The number of anilines is 1. The Kier molecular flexibility index (Phi) is 7.45. The van der Waals surface area contributed by atoms with Gasteiger partial charge < -0.3 is 30.1 Å². The first-order valence-corrected chi connectivity index (χ1v) is 14.3. The Morgan fingerprint density at radius 1 is 1.20 bits per heavy atom. The molecule has 0 aliphatic heterocycles. The van der Waals surface area contributed by atoms with Crippen molar-refractivity contribution in [2.45, 2.75) is 30.0 Å². The molecule has 0 spiro atoms. The summed E-state index contributed by atoms with van der Waals surface area (Å²) in [4.78, 5) is 42.4. The number of amides is 1. The Morgan fingerprint density at radius 3 is 2.27 bits per heavy atom. The zero-order chi connectivity index (χ0) is 31.1. The summed E-state index contributed by atoms with van der Waals surface area (Å²) in [5, 5.41) is 33.9. The van der Waals surface area contributed by atoms with Gasteiger partial charge in [-0.15, -0.1) is 0 Å². The van der Waals surface area contributed by atoms with Gasteiger partial charge in [-0.25, -0.2) is 0 Å². The number of hydrogen-bond donors (Lipinski definition) is 4. The van der Waals surface area contributed by atoms with E-state index in [2.05, 4.69) is 4.18 Å². The number of fused-ring (bicyclic) bond motifs is 3. The van der Waals surface area contributed by atoms with Crippen LogP contribution in [0.2, 0.25) is 0 Å². The van der Waals surface area contributed by atoms with Gasteiger partial charge in [0.15, 0.2) is 17.1 Å². The normalized spacial score (nSPS) is 26.5. The number of alkyl halides is 3. The number of carbonyl (C=O) groups excluding carboxylic acids is 3. The SMILES string of the molecule is CN(C)c1cc(I)c(OS(=O)(=O)C(F)(F)F)c2c1CC1CC3[C@H](N(C)C)C(O)=C(C(N)=O)C(=O)[C@@]3(O)C(O)=C1C2=O. The van der Waals surface area contributed by atoms with Gasteiger partial charge in [0.2, 0.25) is 5.78 Å². The molecule has 3 aliphatic carbocycles. The number of aliphatic hydroxyl groups excluding tert-OH is 2. The standard InChI is InChI=1S/C24H25F3IN3O9S/c1-30(2)12-7-11(28)19(40-41(38,39)24(25,26)27)14-9(12)5-8-6-10-16(31(3)4)18(33)15(22(29)36)21(35)23(10,37)20(34)13(8)17(14)32/h7-8,10,16,33-34,37H,5-6H2,1-4H3,(H2,29,36)/t8?,10?,16-,23-/m0/s1. The monoisotopic (exact) mass is 715 g/mol. The molecule has 41 heavy (non-hydrogen) atoms. The molecule has 1 amide bonds. The Balaban J connectivity index is 2.02. The van der Waals surface area contributed by atoms with Gasteiger partial charge in [-0.3, -0.25) is 19.3 Å². The number of rotatable bonds is 5. The second-order valence-electron chi connectivity index (χ2n) is 10.4. The maximum atomic E-state index is 14.0. The van der Waals surface area contributed by atoms with Gasteiger partial charge in [-0.2, -0.15) is 21.6 Å². The first-order valence-electron chi connectivity index (χ1n) is 11.9. The van der Waals surface area contributed by atoms with Crippen LogP contribution in [-0.4, -0.2) is 91.5 Å². The first kappa shape index (κ1) is 31.0. The smallest absolute Gasteiger partial charge is 0.510 e. The molecule has 224 valence electrons. The number of nitrogens with zero attached hydrogens (tertiary/aromatic N) is 2. The average Bonchev–Trinajstić information content (AvgIpc) is 2.81. The topological polar surface area (TPSA) is 188 Å². The summed E-state index contributed by atoms with van der Waals surface area (Å²) < 4.78 is 67.9. The molecule has 3 aliphatic rings. The minimum atomic E-state index is -6.23. The summed E-state index contributed by atoms with van der Waals surface area (Å²) in [6.07, 6.45) is -0.358. The lowest BCUT2D eigenvalue weighted by atomic mass is 9.58. The van der Waals surface area contributed by atoms with Gasteiger partial charge in [0.25, 0.3) is 5.91 Å². The van der Waals surface area contributed by atoms with E-state index in [-0.39, 0.29) is 22.0 Å². The number of benzene rings is 1. The molecule has 0 bridgehead atoms. The van der Waals surface area contributed by atoms with Crippen molar-refractivity contribution in [2.75, 3.05) is 33.1 Å². The molecule has 2 unspecified atom stereocenters. The van der Waals surface area contributed by atoms with Gasteiger partial charge in [0.1, 0.15) is 17.1 Å². The highest BCUT2D eigenvalue weighted by Gasteiger charge is 2.63. The molecule has 0 saturated heterocycles. The van der Waals surface area contributed by atoms with Crippen LogP contribution in [0.3, 0.4) is 0 Å². The van der Waals surface area contributed by atoms with Crippen LogP contribution in [0.15, 0.2) is 28.7 Å². The third-order valence-electron chi connectivity index (χ3n) is 7.59. The predicted molar refractivity (Wildman–Crippen MR) is 145 cm³/mol. The number of hydrogen-bond acceptors (Lipinski definition) is 11. The van der Waals surface area contributed by atoms with Crippen molar-refractivity contribution in [3.05, 3.63) is 43.4 Å². The van der Waals surface area contributed by atoms with E-state index in [1.165, 1.54) is 47.7 Å². The Hall–Kier alpha value is -2.90. The molecule has 12 nitrogen and oxygen atoms in total. The van der Waals surface area contributed by atoms with E-state index in [0.717, 1.165) is 0 Å². The van der Waals surface area contributed by atoms with Crippen LogP contribution < -0.4 is 14.8 Å². The van der Waals surface area contributed by atoms with Gasteiger partial charge in [-0.1, -0.05) is 0 Å². The second kappa shape index (κ2) is 9.84. The first-order chi connectivity index (χ1) is 18.7.